The standard InChI is InChI=1S/C14H20ClNO2/c1-11-6-7-12(10-13(11)18-2)14(17)16-9-5-3-4-8-15/h6-7,10H,3-5,8-9H2,1-2H3,(H,16,17). The van der Waals surface area contributed by atoms with Crippen molar-refractivity contribution in [1.82, 2.24) is 5.32 Å². The summed E-state index contributed by atoms with van der Waals surface area (Å²) in [6, 6.07) is 5.47. The van der Waals surface area contributed by atoms with Crippen molar-refractivity contribution in [3.05, 3.63) is 29.3 Å². The fourth-order valence-corrected chi connectivity index (χ4v) is 1.85. The summed E-state index contributed by atoms with van der Waals surface area (Å²) in [6.45, 7) is 2.64. The summed E-state index contributed by atoms with van der Waals surface area (Å²) in [5.41, 5.74) is 1.66. The summed E-state index contributed by atoms with van der Waals surface area (Å²) < 4.78 is 5.20. The predicted molar refractivity (Wildman–Crippen MR) is 74.6 cm³/mol. The van der Waals surface area contributed by atoms with Crippen molar-refractivity contribution in [2.75, 3.05) is 19.5 Å². The number of hydrogen-bond donors (Lipinski definition) is 1. The van der Waals surface area contributed by atoms with E-state index in [2.05, 4.69) is 5.32 Å². The van der Waals surface area contributed by atoms with Gasteiger partial charge in [0, 0.05) is 18.0 Å². The fraction of sp³-hybridized carbons (Fsp3) is 0.500. The van der Waals surface area contributed by atoms with Crippen LogP contribution in [-0.2, 0) is 0 Å². The second-order valence-electron chi connectivity index (χ2n) is 4.19. The van der Waals surface area contributed by atoms with Gasteiger partial charge in [-0.1, -0.05) is 12.5 Å². The number of methoxy groups -OCH3 is 1. The molecule has 0 radical (unpaired) electrons. The zero-order chi connectivity index (χ0) is 13.4. The lowest BCUT2D eigenvalue weighted by Crippen LogP contribution is -2.24. The van der Waals surface area contributed by atoms with Crippen molar-refractivity contribution < 1.29 is 9.53 Å². The maximum absolute atomic E-state index is 11.9. The van der Waals surface area contributed by atoms with Crippen molar-refractivity contribution in [3.8, 4) is 5.75 Å². The second-order valence-corrected chi connectivity index (χ2v) is 4.57. The summed E-state index contributed by atoms with van der Waals surface area (Å²) in [5, 5.41) is 2.89. The summed E-state index contributed by atoms with van der Waals surface area (Å²) >= 11 is 5.59. The van der Waals surface area contributed by atoms with Gasteiger partial charge in [-0.3, -0.25) is 4.79 Å². The molecule has 0 aliphatic rings. The number of benzene rings is 1. The molecule has 1 aromatic carbocycles. The van der Waals surface area contributed by atoms with E-state index in [9.17, 15) is 4.79 Å². The quantitative estimate of drug-likeness (QED) is 0.610. The van der Waals surface area contributed by atoms with Crippen LogP contribution in [0.3, 0.4) is 0 Å². The van der Waals surface area contributed by atoms with Gasteiger partial charge < -0.3 is 10.1 Å². The molecule has 1 amide bonds. The topological polar surface area (TPSA) is 38.3 Å². The zero-order valence-electron chi connectivity index (χ0n) is 11.0. The van der Waals surface area contributed by atoms with Crippen LogP contribution in [-0.4, -0.2) is 25.4 Å². The van der Waals surface area contributed by atoms with E-state index in [1.807, 2.05) is 19.1 Å². The van der Waals surface area contributed by atoms with Gasteiger partial charge in [-0.2, -0.15) is 0 Å². The number of halogens is 1. The van der Waals surface area contributed by atoms with Crippen LogP contribution in [0.25, 0.3) is 0 Å². The van der Waals surface area contributed by atoms with E-state index in [4.69, 9.17) is 16.3 Å². The summed E-state index contributed by atoms with van der Waals surface area (Å²) in [5.74, 6) is 1.37. The lowest BCUT2D eigenvalue weighted by atomic mass is 10.1. The van der Waals surface area contributed by atoms with Crippen LogP contribution >= 0.6 is 11.6 Å². The largest absolute Gasteiger partial charge is 0.496 e. The highest BCUT2D eigenvalue weighted by Crippen LogP contribution is 2.18. The molecule has 100 valence electrons. The Morgan fingerprint density at radius 1 is 1.33 bits per heavy atom. The first kappa shape index (κ1) is 14.8. The summed E-state index contributed by atoms with van der Waals surface area (Å²) in [6.07, 6.45) is 3.00. The normalized spacial score (nSPS) is 10.2. The smallest absolute Gasteiger partial charge is 0.251 e. The third kappa shape index (κ3) is 4.57. The van der Waals surface area contributed by atoms with Crippen LogP contribution in [0, 0.1) is 6.92 Å². The molecule has 3 nitrogen and oxygen atoms in total. The highest BCUT2D eigenvalue weighted by atomic mass is 35.5. The molecule has 0 heterocycles. The molecule has 0 fully saturated rings. The van der Waals surface area contributed by atoms with E-state index in [0.29, 0.717) is 18.0 Å². The molecule has 0 saturated carbocycles. The number of nitrogens with one attached hydrogen (secondary N) is 1. The minimum absolute atomic E-state index is 0.0563. The van der Waals surface area contributed by atoms with Crippen LogP contribution in [0.2, 0.25) is 0 Å². The molecule has 18 heavy (non-hydrogen) atoms. The van der Waals surface area contributed by atoms with Gasteiger partial charge in [0.05, 0.1) is 7.11 Å². The highest BCUT2D eigenvalue weighted by molar-refractivity contribution is 6.17. The Balaban J connectivity index is 2.46. The average molecular weight is 270 g/mol. The van der Waals surface area contributed by atoms with E-state index in [1.54, 1.807) is 13.2 Å². The number of unbranched alkanes of at least 4 members (excludes halogenated alkanes) is 2. The SMILES string of the molecule is COc1cc(C(=O)NCCCCCCl)ccc1C. The molecule has 0 aromatic heterocycles. The lowest BCUT2D eigenvalue weighted by molar-refractivity contribution is 0.0952. The van der Waals surface area contributed by atoms with Gasteiger partial charge >= 0.3 is 0 Å². The maximum atomic E-state index is 11.9. The Morgan fingerprint density at radius 3 is 2.78 bits per heavy atom. The maximum Gasteiger partial charge on any atom is 0.251 e. The first-order valence-corrected chi connectivity index (χ1v) is 6.71. The molecule has 0 bridgehead atoms. The minimum Gasteiger partial charge on any atom is -0.496 e. The summed E-state index contributed by atoms with van der Waals surface area (Å²) in [7, 11) is 1.61. The van der Waals surface area contributed by atoms with Gasteiger partial charge in [0.15, 0.2) is 0 Å². The van der Waals surface area contributed by atoms with E-state index >= 15 is 0 Å². The van der Waals surface area contributed by atoms with Gasteiger partial charge in [0.2, 0.25) is 0 Å². The molecule has 0 unspecified atom stereocenters. The third-order valence-corrected chi connectivity index (χ3v) is 3.03. The third-order valence-electron chi connectivity index (χ3n) is 2.77. The highest BCUT2D eigenvalue weighted by Gasteiger charge is 2.07. The average Bonchev–Trinajstić information content (AvgIpc) is 2.38. The van der Waals surface area contributed by atoms with Gasteiger partial charge in [0.25, 0.3) is 5.91 Å². The number of amides is 1. The van der Waals surface area contributed by atoms with E-state index < -0.39 is 0 Å². The van der Waals surface area contributed by atoms with E-state index in [-0.39, 0.29) is 5.91 Å². The molecule has 0 atom stereocenters. The number of carbonyl (C=O) groups is 1. The van der Waals surface area contributed by atoms with Crippen LogP contribution in [0.15, 0.2) is 18.2 Å². The molecular formula is C14H20ClNO2. The van der Waals surface area contributed by atoms with Crippen LogP contribution in [0.5, 0.6) is 5.75 Å². The Bertz CT molecular complexity index is 393. The molecule has 4 heteroatoms. The van der Waals surface area contributed by atoms with E-state index in [1.165, 1.54) is 0 Å². The number of hydrogen-bond acceptors (Lipinski definition) is 2. The van der Waals surface area contributed by atoms with Gasteiger partial charge in [-0.15, -0.1) is 11.6 Å². The monoisotopic (exact) mass is 269 g/mol. The number of alkyl halides is 1. The first-order valence-electron chi connectivity index (χ1n) is 6.18. The van der Waals surface area contributed by atoms with Gasteiger partial charge in [0.1, 0.15) is 5.75 Å². The number of carbonyl (C=O) groups excluding carboxylic acids is 1. The Hall–Kier alpha value is -1.22. The second kappa shape index (κ2) is 7.98. The molecule has 0 aliphatic carbocycles. The number of rotatable bonds is 7. The van der Waals surface area contributed by atoms with Crippen LogP contribution in [0.4, 0.5) is 0 Å². The molecule has 1 aromatic rings. The molecule has 0 saturated heterocycles. The fourth-order valence-electron chi connectivity index (χ4n) is 1.66. The first-order chi connectivity index (χ1) is 8.69. The molecule has 0 aliphatic heterocycles. The van der Waals surface area contributed by atoms with Crippen molar-refractivity contribution >= 4 is 17.5 Å². The minimum atomic E-state index is -0.0563. The molecule has 1 rings (SSSR count). The molecule has 0 spiro atoms. The van der Waals surface area contributed by atoms with Crippen molar-refractivity contribution in [3.63, 3.8) is 0 Å². The van der Waals surface area contributed by atoms with Crippen LogP contribution in [0.1, 0.15) is 35.2 Å². The van der Waals surface area contributed by atoms with Crippen molar-refractivity contribution in [1.29, 1.82) is 0 Å². The lowest BCUT2D eigenvalue weighted by Gasteiger charge is -2.08. The Kier molecular flexibility index (Phi) is 6.58. The Labute approximate surface area is 113 Å². The Morgan fingerprint density at radius 2 is 2.11 bits per heavy atom. The molecule has 1 N–H and O–H groups in total. The van der Waals surface area contributed by atoms with Gasteiger partial charge in [-0.05, 0) is 37.5 Å². The van der Waals surface area contributed by atoms with Crippen LogP contribution < -0.4 is 10.1 Å². The predicted octanol–water partition coefficient (Wildman–Crippen LogP) is 3.14. The van der Waals surface area contributed by atoms with Crippen molar-refractivity contribution in [2.45, 2.75) is 26.2 Å². The van der Waals surface area contributed by atoms with E-state index in [0.717, 1.165) is 30.6 Å². The summed E-state index contributed by atoms with van der Waals surface area (Å²) in [4.78, 5) is 11.9. The number of ether oxygens (including phenoxy) is 1. The van der Waals surface area contributed by atoms with Gasteiger partial charge in [-0.25, -0.2) is 0 Å². The number of aryl methyl sites for hydroxylation is 1. The van der Waals surface area contributed by atoms with Crippen molar-refractivity contribution in [2.24, 2.45) is 0 Å². The molecular weight excluding hydrogens is 250 g/mol. The zero-order valence-corrected chi connectivity index (χ0v) is 11.7.